The fourth-order valence-electron chi connectivity index (χ4n) is 11.2. The molecule has 0 aromatic carbocycles. The molecule has 0 spiro atoms. The van der Waals surface area contributed by atoms with Gasteiger partial charge in [-0.3, -0.25) is 9.59 Å². The maximum absolute atomic E-state index is 12.5. The maximum Gasteiger partial charge on any atom is 0.305 e. The van der Waals surface area contributed by atoms with Gasteiger partial charge in [-0.15, -0.1) is 0 Å². The number of esters is 1. The molecule has 2 atom stereocenters. The molecular formula is C70H137NO5. The topological polar surface area (TPSA) is 95.9 Å². The molecule has 3 N–H and O–H groups in total. The van der Waals surface area contributed by atoms with Gasteiger partial charge in [0.1, 0.15) is 0 Å². The van der Waals surface area contributed by atoms with Crippen LogP contribution in [0.5, 0.6) is 0 Å². The van der Waals surface area contributed by atoms with Crippen LogP contribution in [0.15, 0.2) is 12.2 Å². The van der Waals surface area contributed by atoms with E-state index in [1.54, 1.807) is 6.08 Å². The average molecular weight is 1070 g/mol. The molecule has 0 heterocycles. The minimum Gasteiger partial charge on any atom is -0.466 e. The lowest BCUT2D eigenvalue weighted by atomic mass is 10.0. The third-order valence-electron chi connectivity index (χ3n) is 16.6. The Hall–Kier alpha value is -1.40. The molecule has 0 aromatic rings. The number of hydrogen-bond acceptors (Lipinski definition) is 5. The van der Waals surface area contributed by atoms with E-state index in [2.05, 4.69) is 19.2 Å². The van der Waals surface area contributed by atoms with Gasteiger partial charge in [-0.25, -0.2) is 0 Å². The number of unbranched alkanes of at least 4 members (excludes halogenated alkanes) is 55. The molecule has 0 radical (unpaired) electrons. The van der Waals surface area contributed by atoms with Crippen LogP contribution in [-0.4, -0.2) is 47.4 Å². The van der Waals surface area contributed by atoms with E-state index < -0.39 is 12.1 Å². The van der Waals surface area contributed by atoms with Gasteiger partial charge in [0.25, 0.3) is 0 Å². The number of ether oxygens (including phenoxy) is 1. The molecule has 1 amide bonds. The summed E-state index contributed by atoms with van der Waals surface area (Å²) >= 11 is 0. The first-order chi connectivity index (χ1) is 37.5. The third-order valence-corrected chi connectivity index (χ3v) is 16.6. The van der Waals surface area contributed by atoms with Gasteiger partial charge in [-0.05, 0) is 32.1 Å². The first kappa shape index (κ1) is 74.6. The Labute approximate surface area is 476 Å². The lowest BCUT2D eigenvalue weighted by Crippen LogP contribution is -2.45. The van der Waals surface area contributed by atoms with Crippen molar-refractivity contribution in [3.63, 3.8) is 0 Å². The van der Waals surface area contributed by atoms with Gasteiger partial charge in [-0.2, -0.15) is 0 Å². The SMILES string of the molecule is CCCCCCCCCCCCC/C=C/C(O)C(CO)NC(=O)CCCCCCCCCCCCCCCCCCCCCCCCCCCCCCCCCCCCCOC(=O)CCCCCCCCCCCCC. The third kappa shape index (κ3) is 61.8. The Morgan fingerprint density at radius 1 is 0.355 bits per heavy atom. The van der Waals surface area contributed by atoms with E-state index in [1.165, 1.54) is 334 Å². The Kier molecular flexibility index (Phi) is 64.9. The molecule has 0 aliphatic rings. The number of carbonyl (C=O) groups is 2. The van der Waals surface area contributed by atoms with Crippen LogP contribution in [0.1, 0.15) is 399 Å². The second-order valence-corrected chi connectivity index (χ2v) is 24.2. The highest BCUT2D eigenvalue weighted by atomic mass is 16.5. The van der Waals surface area contributed by atoms with Crippen LogP contribution in [0.2, 0.25) is 0 Å². The summed E-state index contributed by atoms with van der Waals surface area (Å²) in [4.78, 5) is 24.5. The minimum absolute atomic E-state index is 0.0227. The molecule has 2 unspecified atom stereocenters. The van der Waals surface area contributed by atoms with E-state index in [4.69, 9.17) is 4.74 Å². The van der Waals surface area contributed by atoms with Gasteiger partial charge in [0.2, 0.25) is 5.91 Å². The number of hydrogen-bond donors (Lipinski definition) is 3. The Bertz CT molecular complexity index is 1140. The molecule has 0 saturated heterocycles. The van der Waals surface area contributed by atoms with Crippen LogP contribution in [-0.2, 0) is 14.3 Å². The number of aliphatic hydroxyl groups excluding tert-OH is 2. The fourth-order valence-corrected chi connectivity index (χ4v) is 11.2. The number of carbonyl (C=O) groups excluding carboxylic acids is 2. The zero-order valence-corrected chi connectivity index (χ0v) is 51.8. The van der Waals surface area contributed by atoms with Crippen LogP contribution in [0.25, 0.3) is 0 Å². The van der Waals surface area contributed by atoms with Crippen LogP contribution < -0.4 is 5.32 Å². The molecule has 0 rings (SSSR count). The Morgan fingerprint density at radius 3 is 0.895 bits per heavy atom. The molecule has 76 heavy (non-hydrogen) atoms. The van der Waals surface area contributed by atoms with Crippen molar-refractivity contribution in [1.82, 2.24) is 5.32 Å². The number of amides is 1. The summed E-state index contributed by atoms with van der Waals surface area (Å²) in [5, 5.41) is 23.1. The molecule has 6 nitrogen and oxygen atoms in total. The molecule has 0 aromatic heterocycles. The van der Waals surface area contributed by atoms with Gasteiger partial charge in [0, 0.05) is 12.8 Å². The second kappa shape index (κ2) is 66.1. The van der Waals surface area contributed by atoms with E-state index in [9.17, 15) is 19.8 Å². The normalized spacial score (nSPS) is 12.5. The summed E-state index contributed by atoms with van der Waals surface area (Å²) in [5.41, 5.74) is 0. The molecular weight excluding hydrogens is 935 g/mol. The Balaban J connectivity index is 3.30. The predicted octanol–water partition coefficient (Wildman–Crippen LogP) is 22.4. The highest BCUT2D eigenvalue weighted by Gasteiger charge is 2.18. The van der Waals surface area contributed by atoms with Gasteiger partial charge in [0.05, 0.1) is 25.4 Å². The van der Waals surface area contributed by atoms with E-state index in [0.29, 0.717) is 19.4 Å². The number of nitrogens with one attached hydrogen (secondary N) is 1. The molecule has 0 bridgehead atoms. The van der Waals surface area contributed by atoms with Crippen molar-refractivity contribution in [2.45, 2.75) is 411 Å². The molecule has 6 heteroatoms. The summed E-state index contributed by atoms with van der Waals surface area (Å²) in [6, 6.07) is -0.622. The average Bonchev–Trinajstić information content (AvgIpc) is 3.42. The van der Waals surface area contributed by atoms with Crippen LogP contribution in [0.3, 0.4) is 0 Å². The summed E-state index contributed by atoms with van der Waals surface area (Å²) in [7, 11) is 0. The first-order valence-electron chi connectivity index (χ1n) is 35.0. The van der Waals surface area contributed by atoms with Crippen molar-refractivity contribution >= 4 is 11.9 Å². The van der Waals surface area contributed by atoms with Crippen molar-refractivity contribution in [2.24, 2.45) is 0 Å². The minimum atomic E-state index is -0.839. The van der Waals surface area contributed by atoms with Crippen LogP contribution >= 0.6 is 0 Å². The van der Waals surface area contributed by atoms with E-state index >= 15 is 0 Å². The summed E-state index contributed by atoms with van der Waals surface area (Å²) in [6.45, 7) is 4.93. The zero-order valence-electron chi connectivity index (χ0n) is 51.8. The van der Waals surface area contributed by atoms with Crippen molar-refractivity contribution in [2.75, 3.05) is 13.2 Å². The van der Waals surface area contributed by atoms with Gasteiger partial charge in [-0.1, -0.05) is 366 Å². The van der Waals surface area contributed by atoms with E-state index in [-0.39, 0.29) is 18.5 Å². The van der Waals surface area contributed by atoms with Gasteiger partial charge in [0.15, 0.2) is 0 Å². The lowest BCUT2D eigenvalue weighted by molar-refractivity contribution is -0.143. The monoisotopic (exact) mass is 1070 g/mol. The summed E-state index contributed by atoms with van der Waals surface area (Å²) in [6.07, 6.45) is 81.7. The molecule has 0 saturated carbocycles. The maximum atomic E-state index is 12.5. The summed E-state index contributed by atoms with van der Waals surface area (Å²) in [5.74, 6) is -0.0380. The predicted molar refractivity (Wildman–Crippen MR) is 333 cm³/mol. The van der Waals surface area contributed by atoms with Gasteiger partial charge < -0.3 is 20.3 Å². The van der Waals surface area contributed by atoms with Crippen LogP contribution in [0, 0.1) is 0 Å². The first-order valence-corrected chi connectivity index (χ1v) is 35.0. The summed E-state index contributed by atoms with van der Waals surface area (Å²) < 4.78 is 5.48. The van der Waals surface area contributed by atoms with Gasteiger partial charge >= 0.3 is 5.97 Å². The second-order valence-electron chi connectivity index (χ2n) is 24.2. The smallest absolute Gasteiger partial charge is 0.305 e. The Morgan fingerprint density at radius 2 is 0.605 bits per heavy atom. The zero-order chi connectivity index (χ0) is 55.0. The van der Waals surface area contributed by atoms with Crippen molar-refractivity contribution in [1.29, 1.82) is 0 Å². The molecule has 452 valence electrons. The highest BCUT2D eigenvalue weighted by Crippen LogP contribution is 2.19. The lowest BCUT2D eigenvalue weighted by Gasteiger charge is -2.20. The highest BCUT2D eigenvalue weighted by molar-refractivity contribution is 5.76. The molecule has 0 aliphatic carbocycles. The van der Waals surface area contributed by atoms with Crippen molar-refractivity contribution in [3.8, 4) is 0 Å². The van der Waals surface area contributed by atoms with Crippen molar-refractivity contribution in [3.05, 3.63) is 12.2 Å². The quantitative estimate of drug-likeness (QED) is 0.0320. The number of allylic oxidation sites excluding steroid dienone is 1. The van der Waals surface area contributed by atoms with Crippen molar-refractivity contribution < 1.29 is 24.5 Å². The van der Waals surface area contributed by atoms with Crippen LogP contribution in [0.4, 0.5) is 0 Å². The largest absolute Gasteiger partial charge is 0.466 e. The van der Waals surface area contributed by atoms with E-state index in [1.807, 2.05) is 6.08 Å². The standard InChI is InChI=1S/C70H137NO5/c1-3-5-7-9-11-13-15-39-43-46-50-54-58-62-68(73)67(66-72)71-69(74)63-59-55-51-47-44-40-37-35-33-31-29-27-25-23-21-19-17-16-18-20-22-24-26-28-30-32-34-36-38-41-45-49-53-57-61-65-76-70(75)64-60-56-52-48-42-14-12-10-8-6-4-2/h58,62,67-68,72-73H,3-57,59-61,63-66H2,1-2H3,(H,71,74)/b62-58+. The molecule has 0 fully saturated rings. The van der Waals surface area contributed by atoms with E-state index in [0.717, 1.165) is 38.5 Å². The number of aliphatic hydroxyl groups is 2. The fraction of sp³-hybridized carbons (Fsp3) is 0.943. The number of rotatable bonds is 66. The molecule has 0 aliphatic heterocycles.